The summed E-state index contributed by atoms with van der Waals surface area (Å²) in [6.45, 7) is 3.46. The summed E-state index contributed by atoms with van der Waals surface area (Å²) in [4.78, 5) is 13.2. The molecule has 0 saturated carbocycles. The van der Waals surface area contributed by atoms with E-state index in [1.54, 1.807) is 0 Å². The number of unbranched alkanes of at least 4 members (excludes halogenated alkanes) is 38. The Morgan fingerprint density at radius 3 is 1.18 bits per heavy atom. The summed E-state index contributed by atoms with van der Waals surface area (Å²) in [6, 6.07) is -1.18. The van der Waals surface area contributed by atoms with Gasteiger partial charge in [-0.15, -0.1) is 0 Å². The van der Waals surface area contributed by atoms with Gasteiger partial charge in [0.05, 0.1) is 25.4 Å². The Hall–Kier alpha value is -1.41. The SMILES string of the molecule is CCCCCCCCCCC/C=C/CCCC(O)C(O)C(COC1OC(CO)C(O)C(O)C1O)NC(=O)C(O)CCCCCCCCCCCCCCCCCC/C=C\CCCCCCCCCCCCCC. The number of carbonyl (C=O) groups excluding carboxylic acids is 1. The Morgan fingerprint density at radius 1 is 0.466 bits per heavy atom. The molecule has 0 spiro atoms. The monoisotopic (exact) mass is 1040 g/mol. The van der Waals surface area contributed by atoms with E-state index in [0.717, 1.165) is 38.5 Å². The van der Waals surface area contributed by atoms with Gasteiger partial charge in [-0.25, -0.2) is 0 Å². The maximum absolute atomic E-state index is 13.2. The molecule has 1 fully saturated rings. The summed E-state index contributed by atoms with van der Waals surface area (Å²) in [5, 5.41) is 76.1. The lowest BCUT2D eigenvalue weighted by Crippen LogP contribution is -2.60. The maximum atomic E-state index is 13.2. The Morgan fingerprint density at radius 2 is 0.808 bits per heavy atom. The van der Waals surface area contributed by atoms with E-state index in [2.05, 4.69) is 43.5 Å². The van der Waals surface area contributed by atoms with Crippen molar-refractivity contribution >= 4 is 5.91 Å². The molecule has 1 aliphatic rings. The molecule has 0 aromatic carbocycles. The molecule has 9 unspecified atom stereocenters. The average molecular weight is 1040 g/mol. The molecule has 1 amide bonds. The molecular weight excluding hydrogens is 919 g/mol. The molecule has 1 saturated heterocycles. The van der Waals surface area contributed by atoms with Crippen LogP contribution in [0.2, 0.25) is 0 Å². The van der Waals surface area contributed by atoms with Crippen molar-refractivity contribution in [3.05, 3.63) is 24.3 Å². The van der Waals surface area contributed by atoms with Crippen molar-refractivity contribution in [1.29, 1.82) is 0 Å². The van der Waals surface area contributed by atoms with Gasteiger partial charge in [0.25, 0.3) is 0 Å². The third kappa shape index (κ3) is 39.6. The molecule has 0 bridgehead atoms. The quantitative estimate of drug-likeness (QED) is 0.0215. The van der Waals surface area contributed by atoms with Crippen molar-refractivity contribution in [3.8, 4) is 0 Å². The van der Waals surface area contributed by atoms with Crippen LogP contribution in [0.25, 0.3) is 0 Å². The van der Waals surface area contributed by atoms with Crippen molar-refractivity contribution in [2.24, 2.45) is 0 Å². The van der Waals surface area contributed by atoms with Gasteiger partial charge in [-0.2, -0.15) is 0 Å². The van der Waals surface area contributed by atoms with E-state index >= 15 is 0 Å². The molecule has 1 heterocycles. The fraction of sp³-hybridized carbons (Fsp3) is 0.919. The molecule has 11 heteroatoms. The number of hydrogen-bond donors (Lipinski definition) is 8. The number of carbonyl (C=O) groups is 1. The van der Waals surface area contributed by atoms with Crippen molar-refractivity contribution in [2.75, 3.05) is 13.2 Å². The minimum atomic E-state index is -1.67. The normalized spacial score (nSPS) is 20.0. The van der Waals surface area contributed by atoms with Crippen LogP contribution in [0, 0.1) is 0 Å². The van der Waals surface area contributed by atoms with Crippen LogP contribution in [0.15, 0.2) is 24.3 Å². The Balaban J connectivity index is 2.19. The summed E-state index contributed by atoms with van der Waals surface area (Å²) < 4.78 is 11.1. The molecule has 0 aromatic rings. The second-order valence-corrected chi connectivity index (χ2v) is 22.1. The third-order valence-corrected chi connectivity index (χ3v) is 15.2. The van der Waals surface area contributed by atoms with Gasteiger partial charge in [-0.3, -0.25) is 4.79 Å². The number of ether oxygens (including phenoxy) is 2. The molecule has 0 aromatic heterocycles. The lowest BCUT2D eigenvalue weighted by atomic mass is 9.98. The minimum absolute atomic E-state index is 0.257. The standard InChI is InChI=1S/C62H119NO10/c1-3-5-7-9-11-13-15-17-19-20-21-22-23-24-25-26-27-28-29-30-31-32-33-34-35-36-38-40-42-44-46-48-50-55(66)61(71)63-53(52-72-62-60(70)59(69)58(68)56(51-64)73-62)57(67)54(65)49-47-45-43-41-39-37-18-16-14-12-10-8-6-4-2/h24-25,41,43,53-60,62,64-70H,3-23,26-40,42,44-52H2,1-2H3,(H,63,71)/b25-24-,43-41+. The summed E-state index contributed by atoms with van der Waals surface area (Å²) in [7, 11) is 0. The summed E-state index contributed by atoms with van der Waals surface area (Å²) in [5.74, 6) is -0.702. The number of nitrogens with one attached hydrogen (secondary N) is 1. The van der Waals surface area contributed by atoms with E-state index in [0.29, 0.717) is 12.8 Å². The highest BCUT2D eigenvalue weighted by Gasteiger charge is 2.44. The van der Waals surface area contributed by atoms with E-state index < -0.39 is 74.2 Å². The van der Waals surface area contributed by atoms with Crippen LogP contribution in [0.3, 0.4) is 0 Å². The average Bonchev–Trinajstić information content (AvgIpc) is 3.39. The van der Waals surface area contributed by atoms with Gasteiger partial charge in [-0.1, -0.05) is 256 Å². The molecule has 1 rings (SSSR count). The van der Waals surface area contributed by atoms with E-state index in [9.17, 15) is 40.5 Å². The molecule has 1 aliphatic heterocycles. The van der Waals surface area contributed by atoms with Crippen molar-refractivity contribution in [3.63, 3.8) is 0 Å². The number of hydrogen-bond acceptors (Lipinski definition) is 10. The van der Waals surface area contributed by atoms with Crippen molar-refractivity contribution in [1.82, 2.24) is 5.32 Å². The molecule has 11 nitrogen and oxygen atoms in total. The van der Waals surface area contributed by atoms with Gasteiger partial charge in [0.15, 0.2) is 6.29 Å². The number of amides is 1. The van der Waals surface area contributed by atoms with Crippen LogP contribution >= 0.6 is 0 Å². The Bertz CT molecular complexity index is 1240. The Kier molecular flexibility index (Phi) is 49.0. The highest BCUT2D eigenvalue weighted by atomic mass is 16.7. The number of rotatable bonds is 54. The fourth-order valence-electron chi connectivity index (χ4n) is 10.1. The summed E-state index contributed by atoms with van der Waals surface area (Å²) in [6.07, 6.45) is 51.2. The van der Waals surface area contributed by atoms with E-state index in [1.807, 2.05) is 0 Å². The van der Waals surface area contributed by atoms with E-state index in [-0.39, 0.29) is 12.8 Å². The highest BCUT2D eigenvalue weighted by Crippen LogP contribution is 2.23. The lowest BCUT2D eigenvalue weighted by Gasteiger charge is -2.40. The molecule has 432 valence electrons. The summed E-state index contributed by atoms with van der Waals surface area (Å²) >= 11 is 0. The topological polar surface area (TPSA) is 189 Å². The van der Waals surface area contributed by atoms with Gasteiger partial charge >= 0.3 is 0 Å². The first-order valence-corrected chi connectivity index (χ1v) is 31.2. The van der Waals surface area contributed by atoms with Crippen LogP contribution < -0.4 is 5.32 Å². The number of aliphatic hydroxyl groups excluding tert-OH is 7. The first-order chi connectivity index (χ1) is 35.7. The third-order valence-electron chi connectivity index (χ3n) is 15.2. The Labute approximate surface area is 448 Å². The molecule has 73 heavy (non-hydrogen) atoms. The van der Waals surface area contributed by atoms with Crippen LogP contribution in [0.4, 0.5) is 0 Å². The lowest BCUT2D eigenvalue weighted by molar-refractivity contribution is -0.303. The van der Waals surface area contributed by atoms with Gasteiger partial charge in [-0.05, 0) is 64.2 Å². The van der Waals surface area contributed by atoms with Gasteiger partial charge < -0.3 is 50.5 Å². The van der Waals surface area contributed by atoms with Crippen LogP contribution in [-0.4, -0.2) is 110 Å². The van der Waals surface area contributed by atoms with Crippen molar-refractivity contribution < 1.29 is 50.0 Å². The number of aliphatic hydroxyl groups is 7. The van der Waals surface area contributed by atoms with Crippen molar-refractivity contribution in [2.45, 2.75) is 351 Å². The first-order valence-electron chi connectivity index (χ1n) is 31.2. The van der Waals surface area contributed by atoms with Gasteiger partial charge in [0.1, 0.15) is 36.6 Å². The van der Waals surface area contributed by atoms with Crippen LogP contribution in [0.5, 0.6) is 0 Å². The van der Waals surface area contributed by atoms with E-state index in [4.69, 9.17) is 9.47 Å². The molecule has 9 atom stereocenters. The zero-order valence-corrected chi connectivity index (χ0v) is 47.4. The second kappa shape index (κ2) is 51.4. The minimum Gasteiger partial charge on any atom is -0.394 e. The van der Waals surface area contributed by atoms with Crippen LogP contribution in [-0.2, 0) is 14.3 Å². The van der Waals surface area contributed by atoms with Crippen LogP contribution in [0.1, 0.15) is 296 Å². The van der Waals surface area contributed by atoms with Gasteiger partial charge in [0, 0.05) is 0 Å². The maximum Gasteiger partial charge on any atom is 0.249 e. The number of allylic oxidation sites excluding steroid dienone is 4. The molecule has 0 radical (unpaired) electrons. The fourth-order valence-corrected chi connectivity index (χ4v) is 10.1. The second-order valence-electron chi connectivity index (χ2n) is 22.1. The summed E-state index contributed by atoms with van der Waals surface area (Å²) in [5.41, 5.74) is 0. The molecular formula is C62H119NO10. The zero-order valence-electron chi connectivity index (χ0n) is 47.4. The zero-order chi connectivity index (χ0) is 53.3. The molecule has 0 aliphatic carbocycles. The van der Waals surface area contributed by atoms with Gasteiger partial charge in [0.2, 0.25) is 5.91 Å². The highest BCUT2D eigenvalue weighted by molar-refractivity contribution is 5.80. The largest absolute Gasteiger partial charge is 0.394 e. The predicted octanol–water partition coefficient (Wildman–Crippen LogP) is 13.7. The molecule has 8 N–H and O–H groups in total. The first kappa shape index (κ1) is 69.6. The smallest absolute Gasteiger partial charge is 0.249 e. The predicted molar refractivity (Wildman–Crippen MR) is 302 cm³/mol. The van der Waals surface area contributed by atoms with E-state index in [1.165, 1.54) is 218 Å².